The Hall–Kier alpha value is -1.84. The molecule has 0 radical (unpaired) electrons. The van der Waals surface area contributed by atoms with Gasteiger partial charge in [0.05, 0.1) is 13.2 Å². The topological polar surface area (TPSA) is 32.7 Å². The number of methoxy groups -OCH3 is 1. The first-order chi connectivity index (χ1) is 10.2. The van der Waals surface area contributed by atoms with Crippen molar-refractivity contribution in [2.24, 2.45) is 0 Å². The van der Waals surface area contributed by atoms with Crippen LogP contribution in [0.15, 0.2) is 54.6 Å². The van der Waals surface area contributed by atoms with Gasteiger partial charge in [0.2, 0.25) is 0 Å². The first-order valence-electron chi connectivity index (χ1n) is 7.23. The summed E-state index contributed by atoms with van der Waals surface area (Å²) < 4.78 is 5.19. The first kappa shape index (κ1) is 15.5. The Kier molecular flexibility index (Phi) is 5.78. The molecule has 3 nitrogen and oxygen atoms in total. The summed E-state index contributed by atoms with van der Waals surface area (Å²) >= 11 is 0. The third-order valence-electron chi connectivity index (χ3n) is 3.59. The quantitative estimate of drug-likeness (QED) is 0.849. The number of hydrogen-bond donors (Lipinski definition) is 1. The summed E-state index contributed by atoms with van der Waals surface area (Å²) in [7, 11) is 3.67. The maximum absolute atomic E-state index is 10.3. The van der Waals surface area contributed by atoms with Crippen LogP contribution in [0.3, 0.4) is 0 Å². The van der Waals surface area contributed by atoms with E-state index in [1.807, 2.05) is 37.4 Å². The molecule has 0 aliphatic carbocycles. The van der Waals surface area contributed by atoms with Crippen LogP contribution in [0.5, 0.6) is 5.75 Å². The zero-order chi connectivity index (χ0) is 15.1. The zero-order valence-electron chi connectivity index (χ0n) is 12.7. The first-order valence-corrected chi connectivity index (χ1v) is 7.23. The molecule has 1 unspecified atom stereocenters. The van der Waals surface area contributed by atoms with E-state index in [0.29, 0.717) is 6.54 Å². The molecule has 0 fully saturated rings. The fourth-order valence-electron chi connectivity index (χ4n) is 2.31. The molecule has 1 N–H and O–H groups in total. The van der Waals surface area contributed by atoms with Gasteiger partial charge in [0.1, 0.15) is 5.75 Å². The van der Waals surface area contributed by atoms with E-state index in [1.165, 1.54) is 5.56 Å². The van der Waals surface area contributed by atoms with Gasteiger partial charge in [0, 0.05) is 13.1 Å². The second-order valence-corrected chi connectivity index (χ2v) is 5.29. The van der Waals surface area contributed by atoms with Crippen molar-refractivity contribution in [3.63, 3.8) is 0 Å². The van der Waals surface area contributed by atoms with Crippen molar-refractivity contribution in [1.82, 2.24) is 4.90 Å². The van der Waals surface area contributed by atoms with E-state index in [-0.39, 0.29) is 0 Å². The molecule has 1 atom stereocenters. The van der Waals surface area contributed by atoms with E-state index in [1.54, 1.807) is 7.11 Å². The summed E-state index contributed by atoms with van der Waals surface area (Å²) in [5.74, 6) is 0.776. The number of ether oxygens (including phenoxy) is 1. The molecule has 0 spiro atoms. The second kappa shape index (κ2) is 7.81. The molecule has 112 valence electrons. The van der Waals surface area contributed by atoms with Crippen LogP contribution in [-0.4, -0.2) is 37.3 Å². The van der Waals surface area contributed by atoms with E-state index in [9.17, 15) is 5.11 Å². The molecule has 0 heterocycles. The third-order valence-corrected chi connectivity index (χ3v) is 3.59. The molecule has 0 aromatic heterocycles. The molecule has 0 aliphatic rings. The Balaban J connectivity index is 1.85. The van der Waals surface area contributed by atoms with Crippen LogP contribution in [0.2, 0.25) is 0 Å². The highest BCUT2D eigenvalue weighted by Gasteiger charge is 2.11. The number of likely N-dealkylation sites (N-methyl/N-ethyl adjacent to an activating group) is 1. The van der Waals surface area contributed by atoms with Gasteiger partial charge in [-0.2, -0.15) is 0 Å². The number of aliphatic hydroxyl groups is 1. The lowest BCUT2D eigenvalue weighted by Crippen LogP contribution is -2.26. The normalized spacial score (nSPS) is 12.4. The molecule has 0 saturated carbocycles. The van der Waals surface area contributed by atoms with Gasteiger partial charge in [-0.3, -0.25) is 0 Å². The lowest BCUT2D eigenvalue weighted by atomic mass is 10.1. The maximum Gasteiger partial charge on any atom is 0.119 e. The monoisotopic (exact) mass is 285 g/mol. The van der Waals surface area contributed by atoms with Gasteiger partial charge < -0.3 is 14.7 Å². The third kappa shape index (κ3) is 4.88. The Morgan fingerprint density at radius 3 is 2.57 bits per heavy atom. The smallest absolute Gasteiger partial charge is 0.119 e. The molecule has 21 heavy (non-hydrogen) atoms. The molecular weight excluding hydrogens is 262 g/mol. The van der Waals surface area contributed by atoms with Crippen molar-refractivity contribution in [1.29, 1.82) is 0 Å². The predicted molar refractivity (Wildman–Crippen MR) is 85.6 cm³/mol. The van der Waals surface area contributed by atoms with E-state index in [4.69, 9.17) is 4.74 Å². The standard InChI is InChI=1S/C18H23NO2/c1-19(12-11-15-7-4-3-5-8-15)14-18(20)16-9-6-10-17(13-16)21-2/h3-10,13,18,20H,11-12,14H2,1-2H3. The van der Waals surface area contributed by atoms with Gasteiger partial charge >= 0.3 is 0 Å². The van der Waals surface area contributed by atoms with Crippen molar-refractivity contribution in [3.8, 4) is 5.75 Å². The fourth-order valence-corrected chi connectivity index (χ4v) is 2.31. The van der Waals surface area contributed by atoms with E-state index >= 15 is 0 Å². The summed E-state index contributed by atoms with van der Waals surface area (Å²) in [4.78, 5) is 2.15. The summed E-state index contributed by atoms with van der Waals surface area (Å²) in [6, 6.07) is 18.0. The number of nitrogens with zero attached hydrogens (tertiary/aromatic N) is 1. The fraction of sp³-hybridized carbons (Fsp3) is 0.333. The Morgan fingerprint density at radius 1 is 1.10 bits per heavy atom. The Bertz CT molecular complexity index is 542. The second-order valence-electron chi connectivity index (χ2n) is 5.29. The predicted octanol–water partition coefficient (Wildman–Crippen LogP) is 2.90. The minimum atomic E-state index is -0.499. The van der Waals surface area contributed by atoms with E-state index in [2.05, 4.69) is 29.2 Å². The van der Waals surface area contributed by atoms with Crippen LogP contribution in [0.1, 0.15) is 17.2 Å². The average molecular weight is 285 g/mol. The molecule has 2 aromatic rings. The summed E-state index contributed by atoms with van der Waals surface area (Å²) in [5, 5.41) is 10.3. The molecule has 0 saturated heterocycles. The largest absolute Gasteiger partial charge is 0.497 e. The van der Waals surface area contributed by atoms with Crippen LogP contribution < -0.4 is 4.74 Å². The lowest BCUT2D eigenvalue weighted by molar-refractivity contribution is 0.127. The van der Waals surface area contributed by atoms with Gasteiger partial charge in [0.15, 0.2) is 0 Å². The van der Waals surface area contributed by atoms with Crippen molar-refractivity contribution in [2.45, 2.75) is 12.5 Å². The minimum Gasteiger partial charge on any atom is -0.497 e. The van der Waals surface area contributed by atoms with Crippen molar-refractivity contribution in [3.05, 3.63) is 65.7 Å². The molecular formula is C18H23NO2. The number of hydrogen-bond acceptors (Lipinski definition) is 3. The SMILES string of the molecule is COc1cccc(C(O)CN(C)CCc2ccccc2)c1. The zero-order valence-corrected chi connectivity index (χ0v) is 12.7. The summed E-state index contributed by atoms with van der Waals surface area (Å²) in [5.41, 5.74) is 2.21. The Labute approximate surface area is 126 Å². The molecule has 2 rings (SSSR count). The van der Waals surface area contributed by atoms with Gasteiger partial charge in [-0.1, -0.05) is 42.5 Å². The number of benzene rings is 2. The van der Waals surface area contributed by atoms with E-state index < -0.39 is 6.10 Å². The summed E-state index contributed by atoms with van der Waals surface area (Å²) in [6.07, 6.45) is 0.489. The van der Waals surface area contributed by atoms with Crippen LogP contribution in [0.4, 0.5) is 0 Å². The van der Waals surface area contributed by atoms with Crippen molar-refractivity contribution < 1.29 is 9.84 Å². The highest BCUT2D eigenvalue weighted by Crippen LogP contribution is 2.19. The Morgan fingerprint density at radius 2 is 1.86 bits per heavy atom. The molecule has 0 bridgehead atoms. The average Bonchev–Trinajstić information content (AvgIpc) is 2.54. The number of aliphatic hydroxyl groups excluding tert-OH is 1. The highest BCUT2D eigenvalue weighted by atomic mass is 16.5. The van der Waals surface area contributed by atoms with Crippen molar-refractivity contribution in [2.75, 3.05) is 27.2 Å². The number of rotatable bonds is 7. The van der Waals surface area contributed by atoms with E-state index in [0.717, 1.165) is 24.3 Å². The lowest BCUT2D eigenvalue weighted by Gasteiger charge is -2.21. The molecule has 2 aromatic carbocycles. The van der Waals surface area contributed by atoms with Gasteiger partial charge in [0.25, 0.3) is 0 Å². The van der Waals surface area contributed by atoms with Crippen LogP contribution in [0.25, 0.3) is 0 Å². The summed E-state index contributed by atoms with van der Waals surface area (Å²) in [6.45, 7) is 1.53. The molecule has 3 heteroatoms. The highest BCUT2D eigenvalue weighted by molar-refractivity contribution is 5.29. The maximum atomic E-state index is 10.3. The van der Waals surface area contributed by atoms with Gasteiger partial charge in [-0.25, -0.2) is 0 Å². The minimum absolute atomic E-state index is 0.499. The van der Waals surface area contributed by atoms with Gasteiger partial charge in [-0.15, -0.1) is 0 Å². The van der Waals surface area contributed by atoms with Crippen LogP contribution >= 0.6 is 0 Å². The molecule has 0 aliphatic heterocycles. The molecule has 0 amide bonds. The van der Waals surface area contributed by atoms with Gasteiger partial charge in [-0.05, 0) is 36.7 Å². The van der Waals surface area contributed by atoms with Crippen molar-refractivity contribution >= 4 is 0 Å². The van der Waals surface area contributed by atoms with Crippen LogP contribution in [-0.2, 0) is 6.42 Å². The van der Waals surface area contributed by atoms with Crippen LogP contribution in [0, 0.1) is 0 Å².